The molecule has 0 aliphatic carbocycles. The van der Waals surface area contributed by atoms with E-state index >= 15 is 0 Å². The first-order valence-electron chi connectivity index (χ1n) is 7.44. The van der Waals surface area contributed by atoms with Gasteiger partial charge in [0.2, 0.25) is 0 Å². The average molecular weight is 288 g/mol. The summed E-state index contributed by atoms with van der Waals surface area (Å²) in [6.45, 7) is 4.86. The fourth-order valence-electron chi connectivity index (χ4n) is 2.16. The van der Waals surface area contributed by atoms with Crippen molar-refractivity contribution in [2.75, 3.05) is 6.61 Å². The fourth-order valence-corrected chi connectivity index (χ4v) is 2.16. The van der Waals surface area contributed by atoms with Crippen molar-refractivity contribution in [1.29, 1.82) is 0 Å². The maximum atomic E-state index is 9.30. The number of benzene rings is 1. The number of hydrogen-bond acceptors (Lipinski definition) is 4. The smallest absolute Gasteiger partial charge is 0.151 e. The molecular weight excluding hydrogens is 264 g/mol. The minimum Gasteiger partial charge on any atom is -0.394 e. The lowest BCUT2D eigenvalue weighted by atomic mass is 10.1. The highest BCUT2D eigenvalue weighted by Crippen LogP contribution is 2.13. The number of hydrogen-bond donors (Lipinski definition) is 2. The van der Waals surface area contributed by atoms with Crippen LogP contribution < -0.4 is 5.73 Å². The van der Waals surface area contributed by atoms with Gasteiger partial charge in [0, 0.05) is 6.42 Å². The summed E-state index contributed by atoms with van der Waals surface area (Å²) in [4.78, 5) is 4.52. The van der Waals surface area contributed by atoms with Gasteiger partial charge in [0.05, 0.1) is 19.2 Å². The molecule has 3 N–H and O–H groups in total. The van der Waals surface area contributed by atoms with E-state index in [-0.39, 0.29) is 6.61 Å². The van der Waals surface area contributed by atoms with E-state index in [1.165, 1.54) is 0 Å². The standard InChI is InChI=1S/C16H24N4O/c1-12(2)8-9-15-18-16(14(17)11-21)20(19-15)10-13-6-4-3-5-7-13/h3-7,12,14,21H,8-11,17H2,1-2H3/t14-/m0/s1. The largest absolute Gasteiger partial charge is 0.394 e. The zero-order chi connectivity index (χ0) is 15.2. The van der Waals surface area contributed by atoms with E-state index in [1.807, 2.05) is 35.0 Å². The number of aliphatic hydroxyl groups excluding tert-OH is 1. The highest BCUT2D eigenvalue weighted by molar-refractivity contribution is 5.15. The zero-order valence-electron chi connectivity index (χ0n) is 12.7. The molecule has 0 saturated carbocycles. The van der Waals surface area contributed by atoms with Crippen LogP contribution in [-0.4, -0.2) is 26.5 Å². The van der Waals surface area contributed by atoms with E-state index in [4.69, 9.17) is 5.73 Å². The van der Waals surface area contributed by atoms with Gasteiger partial charge in [-0.15, -0.1) is 0 Å². The molecular formula is C16H24N4O. The molecule has 0 aliphatic rings. The molecule has 5 heteroatoms. The van der Waals surface area contributed by atoms with Gasteiger partial charge in [0.1, 0.15) is 5.82 Å². The summed E-state index contributed by atoms with van der Waals surface area (Å²) < 4.78 is 1.81. The Balaban J connectivity index is 2.20. The quantitative estimate of drug-likeness (QED) is 0.816. The van der Waals surface area contributed by atoms with Crippen LogP contribution in [0.4, 0.5) is 0 Å². The molecule has 1 aromatic carbocycles. The number of nitrogens with two attached hydrogens (primary N) is 1. The zero-order valence-corrected chi connectivity index (χ0v) is 12.7. The Hall–Kier alpha value is -1.72. The van der Waals surface area contributed by atoms with Crippen LogP contribution >= 0.6 is 0 Å². The van der Waals surface area contributed by atoms with Gasteiger partial charge < -0.3 is 10.8 Å². The molecule has 1 aromatic heterocycles. The number of aryl methyl sites for hydroxylation is 1. The normalized spacial score (nSPS) is 12.8. The molecule has 0 amide bonds. The third kappa shape index (κ3) is 4.37. The first-order chi connectivity index (χ1) is 10.1. The van der Waals surface area contributed by atoms with Crippen molar-refractivity contribution in [3.63, 3.8) is 0 Å². The van der Waals surface area contributed by atoms with Crippen molar-refractivity contribution in [1.82, 2.24) is 14.8 Å². The van der Waals surface area contributed by atoms with Gasteiger partial charge in [0.25, 0.3) is 0 Å². The third-order valence-electron chi connectivity index (χ3n) is 3.39. The van der Waals surface area contributed by atoms with E-state index in [0.29, 0.717) is 18.3 Å². The second kappa shape index (κ2) is 7.33. The lowest BCUT2D eigenvalue weighted by Gasteiger charge is -2.10. The molecule has 0 radical (unpaired) electrons. The first kappa shape index (κ1) is 15.7. The number of rotatable bonds is 7. The van der Waals surface area contributed by atoms with Crippen LogP contribution in [0.25, 0.3) is 0 Å². The van der Waals surface area contributed by atoms with E-state index in [1.54, 1.807) is 0 Å². The molecule has 5 nitrogen and oxygen atoms in total. The minimum atomic E-state index is -0.492. The summed E-state index contributed by atoms with van der Waals surface area (Å²) in [7, 11) is 0. The molecule has 0 saturated heterocycles. The molecule has 21 heavy (non-hydrogen) atoms. The molecule has 0 unspecified atom stereocenters. The first-order valence-corrected chi connectivity index (χ1v) is 7.44. The van der Waals surface area contributed by atoms with Crippen molar-refractivity contribution in [2.24, 2.45) is 11.7 Å². The fraction of sp³-hybridized carbons (Fsp3) is 0.500. The van der Waals surface area contributed by atoms with Crippen LogP contribution in [0.5, 0.6) is 0 Å². The average Bonchev–Trinajstić information content (AvgIpc) is 2.88. The predicted molar refractivity (Wildman–Crippen MR) is 82.7 cm³/mol. The Bertz CT molecular complexity index is 551. The Morgan fingerprint density at radius 1 is 1.24 bits per heavy atom. The Labute approximate surface area is 125 Å². The molecule has 0 aliphatic heterocycles. The summed E-state index contributed by atoms with van der Waals surface area (Å²) in [5.41, 5.74) is 7.09. The maximum absolute atomic E-state index is 9.30. The maximum Gasteiger partial charge on any atom is 0.151 e. The summed E-state index contributed by atoms with van der Waals surface area (Å²) in [6.07, 6.45) is 1.88. The van der Waals surface area contributed by atoms with Gasteiger partial charge in [-0.3, -0.25) is 0 Å². The SMILES string of the molecule is CC(C)CCc1nc([C@@H](N)CO)n(Cc2ccccc2)n1. The second-order valence-electron chi connectivity index (χ2n) is 5.75. The highest BCUT2D eigenvalue weighted by atomic mass is 16.3. The minimum absolute atomic E-state index is 0.128. The Kier molecular flexibility index (Phi) is 5.47. The van der Waals surface area contributed by atoms with Crippen molar-refractivity contribution in [2.45, 2.75) is 39.3 Å². The highest BCUT2D eigenvalue weighted by Gasteiger charge is 2.16. The van der Waals surface area contributed by atoms with Gasteiger partial charge in [-0.1, -0.05) is 44.2 Å². The number of aliphatic hydroxyl groups is 1. The lowest BCUT2D eigenvalue weighted by molar-refractivity contribution is 0.260. The van der Waals surface area contributed by atoms with Gasteiger partial charge in [0.15, 0.2) is 5.82 Å². The predicted octanol–water partition coefficient (Wildman–Crippen LogP) is 1.91. The van der Waals surface area contributed by atoms with Crippen molar-refractivity contribution in [3.05, 3.63) is 47.5 Å². The van der Waals surface area contributed by atoms with Gasteiger partial charge in [-0.05, 0) is 17.9 Å². The van der Waals surface area contributed by atoms with Gasteiger partial charge in [-0.2, -0.15) is 5.10 Å². The van der Waals surface area contributed by atoms with Crippen molar-refractivity contribution < 1.29 is 5.11 Å². The Morgan fingerprint density at radius 3 is 2.57 bits per heavy atom. The van der Waals surface area contributed by atoms with Crippen LogP contribution in [0.3, 0.4) is 0 Å². The molecule has 1 atom stereocenters. The van der Waals surface area contributed by atoms with E-state index in [2.05, 4.69) is 23.9 Å². The van der Waals surface area contributed by atoms with Crippen LogP contribution in [0.2, 0.25) is 0 Å². The molecule has 2 aromatic rings. The molecule has 1 heterocycles. The van der Waals surface area contributed by atoms with E-state index in [9.17, 15) is 5.11 Å². The van der Waals surface area contributed by atoms with Crippen LogP contribution in [0.1, 0.15) is 43.5 Å². The monoisotopic (exact) mass is 288 g/mol. The molecule has 114 valence electrons. The Morgan fingerprint density at radius 2 is 1.95 bits per heavy atom. The second-order valence-corrected chi connectivity index (χ2v) is 5.75. The molecule has 2 rings (SSSR count). The van der Waals surface area contributed by atoms with Crippen LogP contribution in [-0.2, 0) is 13.0 Å². The summed E-state index contributed by atoms with van der Waals surface area (Å²) >= 11 is 0. The van der Waals surface area contributed by atoms with Crippen LogP contribution in [0, 0.1) is 5.92 Å². The van der Waals surface area contributed by atoms with E-state index < -0.39 is 6.04 Å². The molecule has 0 fully saturated rings. The molecule has 0 bridgehead atoms. The van der Waals surface area contributed by atoms with Crippen molar-refractivity contribution in [3.8, 4) is 0 Å². The lowest BCUT2D eigenvalue weighted by Crippen LogP contribution is -2.21. The topological polar surface area (TPSA) is 77.0 Å². The molecule has 0 spiro atoms. The van der Waals surface area contributed by atoms with Gasteiger partial charge in [-0.25, -0.2) is 9.67 Å². The van der Waals surface area contributed by atoms with Crippen LogP contribution in [0.15, 0.2) is 30.3 Å². The number of aromatic nitrogens is 3. The third-order valence-corrected chi connectivity index (χ3v) is 3.39. The summed E-state index contributed by atoms with van der Waals surface area (Å²) in [5.74, 6) is 2.07. The van der Waals surface area contributed by atoms with E-state index in [0.717, 1.165) is 24.2 Å². The summed E-state index contributed by atoms with van der Waals surface area (Å²) in [6, 6.07) is 9.58. The summed E-state index contributed by atoms with van der Waals surface area (Å²) in [5, 5.41) is 13.9. The number of nitrogens with zero attached hydrogens (tertiary/aromatic N) is 3. The van der Waals surface area contributed by atoms with Crippen molar-refractivity contribution >= 4 is 0 Å². The van der Waals surface area contributed by atoms with Gasteiger partial charge >= 0.3 is 0 Å².